The van der Waals surface area contributed by atoms with Crippen molar-refractivity contribution in [3.63, 3.8) is 0 Å². The van der Waals surface area contributed by atoms with Crippen LogP contribution in [-0.2, 0) is 0 Å². The van der Waals surface area contributed by atoms with Gasteiger partial charge in [-0.3, -0.25) is 0 Å². The van der Waals surface area contributed by atoms with Crippen LogP contribution in [0.2, 0.25) is 0 Å². The molecule has 0 spiro atoms. The summed E-state index contributed by atoms with van der Waals surface area (Å²) >= 11 is 3.47. The van der Waals surface area contributed by atoms with Gasteiger partial charge in [0.05, 0.1) is 12.8 Å². The molecular weight excluding hydrogens is 330 g/mol. The highest BCUT2D eigenvalue weighted by Crippen LogP contribution is 2.32. The first-order valence-electron chi connectivity index (χ1n) is 6.46. The summed E-state index contributed by atoms with van der Waals surface area (Å²) in [5.74, 6) is 2.04. The predicted octanol–water partition coefficient (Wildman–Crippen LogP) is 4.99. The Morgan fingerprint density at radius 1 is 0.857 bits per heavy atom. The number of nitrogens with two attached hydrogens (primary N) is 1. The minimum absolute atomic E-state index is 0.576. The van der Waals surface area contributed by atoms with Gasteiger partial charge in [0.2, 0.25) is 0 Å². The van der Waals surface area contributed by atoms with E-state index in [1.54, 1.807) is 25.3 Å². The molecule has 3 aromatic rings. The molecule has 0 radical (unpaired) electrons. The molecule has 0 amide bonds. The second-order valence-electron chi connectivity index (χ2n) is 4.66. The fraction of sp³-hybridized carbons (Fsp3) is 0.0588. The van der Waals surface area contributed by atoms with E-state index in [1.807, 2.05) is 30.3 Å². The topological polar surface area (TPSA) is 44.5 Å². The molecule has 106 valence electrons. The van der Waals surface area contributed by atoms with Crippen molar-refractivity contribution in [3.8, 4) is 17.2 Å². The number of anilines is 1. The van der Waals surface area contributed by atoms with E-state index in [0.717, 1.165) is 21.0 Å². The number of hydrogen-bond donors (Lipinski definition) is 1. The summed E-state index contributed by atoms with van der Waals surface area (Å²) in [6.07, 6.45) is 0. The molecule has 3 nitrogen and oxygen atoms in total. The third kappa shape index (κ3) is 2.95. The third-order valence-electron chi connectivity index (χ3n) is 3.22. The molecule has 0 aromatic heterocycles. The van der Waals surface area contributed by atoms with Crippen LogP contribution in [0.15, 0.2) is 59.1 Å². The molecule has 2 N–H and O–H groups in total. The van der Waals surface area contributed by atoms with Crippen LogP contribution in [0.3, 0.4) is 0 Å². The third-order valence-corrected chi connectivity index (χ3v) is 3.72. The first kappa shape index (κ1) is 13.8. The number of halogens is 1. The standard InChI is InChI=1S/C17H14BrNO2/c1-20-14-6-7-16(19)17(10-14)21-15-5-3-11-8-13(18)4-2-12(11)9-15/h2-10H,19H2,1H3. The van der Waals surface area contributed by atoms with Gasteiger partial charge in [-0.2, -0.15) is 0 Å². The maximum absolute atomic E-state index is 5.94. The van der Waals surface area contributed by atoms with Gasteiger partial charge < -0.3 is 15.2 Å². The highest BCUT2D eigenvalue weighted by atomic mass is 79.9. The van der Waals surface area contributed by atoms with Crippen LogP contribution < -0.4 is 15.2 Å². The molecule has 4 heteroatoms. The van der Waals surface area contributed by atoms with Crippen molar-refractivity contribution in [2.75, 3.05) is 12.8 Å². The van der Waals surface area contributed by atoms with E-state index < -0.39 is 0 Å². The first-order chi connectivity index (χ1) is 10.2. The molecule has 0 fully saturated rings. The zero-order chi connectivity index (χ0) is 14.8. The van der Waals surface area contributed by atoms with Crippen molar-refractivity contribution in [2.45, 2.75) is 0 Å². The van der Waals surface area contributed by atoms with Crippen LogP contribution in [0, 0.1) is 0 Å². The summed E-state index contributed by atoms with van der Waals surface area (Å²) in [6.45, 7) is 0. The van der Waals surface area contributed by atoms with Crippen molar-refractivity contribution < 1.29 is 9.47 Å². The summed E-state index contributed by atoms with van der Waals surface area (Å²) in [5.41, 5.74) is 6.51. The van der Waals surface area contributed by atoms with Gasteiger partial charge in [-0.15, -0.1) is 0 Å². The highest BCUT2D eigenvalue weighted by Gasteiger charge is 2.05. The first-order valence-corrected chi connectivity index (χ1v) is 7.26. The second-order valence-corrected chi connectivity index (χ2v) is 5.57. The summed E-state index contributed by atoms with van der Waals surface area (Å²) in [7, 11) is 1.61. The van der Waals surface area contributed by atoms with Crippen molar-refractivity contribution >= 4 is 32.4 Å². The molecule has 3 aromatic carbocycles. The van der Waals surface area contributed by atoms with Gasteiger partial charge in [-0.05, 0) is 47.2 Å². The highest BCUT2D eigenvalue weighted by molar-refractivity contribution is 9.10. The smallest absolute Gasteiger partial charge is 0.153 e. The lowest BCUT2D eigenvalue weighted by atomic mass is 10.1. The Hall–Kier alpha value is -2.20. The molecule has 0 aliphatic heterocycles. The average molecular weight is 344 g/mol. The van der Waals surface area contributed by atoms with Crippen molar-refractivity contribution in [1.29, 1.82) is 0 Å². The predicted molar refractivity (Wildman–Crippen MR) is 89.1 cm³/mol. The molecule has 0 bridgehead atoms. The van der Waals surface area contributed by atoms with E-state index in [1.165, 1.54) is 0 Å². The molecule has 0 atom stereocenters. The molecule has 3 rings (SSSR count). The minimum atomic E-state index is 0.576. The van der Waals surface area contributed by atoms with Crippen LogP contribution in [0.1, 0.15) is 0 Å². The van der Waals surface area contributed by atoms with Gasteiger partial charge in [-0.1, -0.05) is 28.1 Å². The van der Waals surface area contributed by atoms with Crippen LogP contribution in [-0.4, -0.2) is 7.11 Å². The lowest BCUT2D eigenvalue weighted by molar-refractivity contribution is 0.409. The summed E-state index contributed by atoms with van der Waals surface area (Å²) in [6, 6.07) is 17.4. The van der Waals surface area contributed by atoms with Crippen molar-refractivity contribution in [3.05, 3.63) is 59.1 Å². The fourth-order valence-electron chi connectivity index (χ4n) is 2.12. The summed E-state index contributed by atoms with van der Waals surface area (Å²) in [4.78, 5) is 0. The van der Waals surface area contributed by atoms with E-state index in [9.17, 15) is 0 Å². The molecule has 0 unspecified atom stereocenters. The second kappa shape index (κ2) is 5.66. The Kier molecular flexibility index (Phi) is 3.71. The summed E-state index contributed by atoms with van der Waals surface area (Å²) < 4.78 is 12.1. The normalized spacial score (nSPS) is 10.6. The maximum Gasteiger partial charge on any atom is 0.153 e. The van der Waals surface area contributed by atoms with E-state index in [-0.39, 0.29) is 0 Å². The Bertz CT molecular complexity index is 802. The quantitative estimate of drug-likeness (QED) is 0.681. The van der Waals surface area contributed by atoms with Gasteiger partial charge >= 0.3 is 0 Å². The molecule has 0 aliphatic carbocycles. The molecule has 21 heavy (non-hydrogen) atoms. The number of nitrogen functional groups attached to an aromatic ring is 1. The number of rotatable bonds is 3. The maximum atomic E-state index is 5.94. The molecular formula is C17H14BrNO2. The van der Waals surface area contributed by atoms with E-state index >= 15 is 0 Å². The molecule has 0 heterocycles. The lowest BCUT2D eigenvalue weighted by Gasteiger charge is -2.11. The van der Waals surface area contributed by atoms with Gasteiger partial charge in [0.1, 0.15) is 11.5 Å². The Morgan fingerprint density at radius 3 is 2.38 bits per heavy atom. The number of fused-ring (bicyclic) bond motifs is 1. The summed E-state index contributed by atoms with van der Waals surface area (Å²) in [5, 5.41) is 2.26. The molecule has 0 saturated carbocycles. The minimum Gasteiger partial charge on any atom is -0.497 e. The van der Waals surface area contributed by atoms with Gasteiger partial charge in [0.25, 0.3) is 0 Å². The van der Waals surface area contributed by atoms with Crippen LogP contribution in [0.25, 0.3) is 10.8 Å². The van der Waals surface area contributed by atoms with Crippen molar-refractivity contribution in [1.82, 2.24) is 0 Å². The van der Waals surface area contributed by atoms with Crippen LogP contribution in [0.4, 0.5) is 5.69 Å². The Labute approximate surface area is 131 Å². The number of ether oxygens (including phenoxy) is 2. The van der Waals surface area contributed by atoms with Crippen LogP contribution in [0.5, 0.6) is 17.2 Å². The zero-order valence-corrected chi connectivity index (χ0v) is 13.1. The Morgan fingerprint density at radius 2 is 1.57 bits per heavy atom. The van der Waals surface area contributed by atoms with Crippen LogP contribution >= 0.6 is 15.9 Å². The number of benzene rings is 3. The van der Waals surface area contributed by atoms with Gasteiger partial charge in [0.15, 0.2) is 5.75 Å². The van der Waals surface area contributed by atoms with Crippen molar-refractivity contribution in [2.24, 2.45) is 0 Å². The largest absolute Gasteiger partial charge is 0.497 e. The number of methoxy groups -OCH3 is 1. The fourth-order valence-corrected chi connectivity index (χ4v) is 2.49. The molecule has 0 saturated heterocycles. The van der Waals surface area contributed by atoms with E-state index in [4.69, 9.17) is 15.2 Å². The lowest BCUT2D eigenvalue weighted by Crippen LogP contribution is -1.93. The van der Waals surface area contributed by atoms with Gasteiger partial charge in [-0.25, -0.2) is 0 Å². The zero-order valence-electron chi connectivity index (χ0n) is 11.5. The van der Waals surface area contributed by atoms with E-state index in [0.29, 0.717) is 17.2 Å². The Balaban J connectivity index is 1.96. The average Bonchev–Trinajstić information content (AvgIpc) is 2.49. The molecule has 0 aliphatic rings. The monoisotopic (exact) mass is 343 g/mol. The SMILES string of the molecule is COc1ccc(N)c(Oc2ccc3cc(Br)ccc3c2)c1. The number of hydrogen-bond acceptors (Lipinski definition) is 3. The van der Waals surface area contributed by atoms with E-state index in [2.05, 4.69) is 22.0 Å². The van der Waals surface area contributed by atoms with Gasteiger partial charge in [0, 0.05) is 10.5 Å².